The van der Waals surface area contributed by atoms with Gasteiger partial charge in [0.15, 0.2) is 0 Å². The largest absolute Gasteiger partial charge is 0.481 e. The lowest BCUT2D eigenvalue weighted by molar-refractivity contribution is -0.151. The lowest BCUT2D eigenvalue weighted by atomic mass is 9.74. The summed E-state index contributed by atoms with van der Waals surface area (Å²) < 4.78 is 0. The van der Waals surface area contributed by atoms with Crippen molar-refractivity contribution in [2.75, 3.05) is 40.3 Å². The first-order valence-electron chi connectivity index (χ1n) is 25.5. The zero-order valence-corrected chi connectivity index (χ0v) is 39.6. The summed E-state index contributed by atoms with van der Waals surface area (Å²) in [6.07, 6.45) is 42.3. The lowest BCUT2D eigenvalue weighted by Gasteiger charge is -2.30. The van der Waals surface area contributed by atoms with Crippen LogP contribution < -0.4 is 0 Å². The molecule has 0 aliphatic rings. The lowest BCUT2D eigenvalue weighted by Crippen LogP contribution is -2.31. The van der Waals surface area contributed by atoms with Crippen molar-refractivity contribution in [2.24, 2.45) is 10.8 Å². The molecule has 2 unspecified atom stereocenters. The van der Waals surface area contributed by atoms with Crippen LogP contribution in [0.4, 0.5) is 0 Å². The number of nitrogens with zero attached hydrogens (tertiary/aromatic N) is 2. The van der Waals surface area contributed by atoms with Gasteiger partial charge in [-0.3, -0.25) is 9.59 Å². The molecule has 0 saturated heterocycles. The number of hydrogen-bond acceptors (Lipinski definition) is 4. The van der Waals surface area contributed by atoms with Crippen molar-refractivity contribution in [1.82, 2.24) is 9.80 Å². The van der Waals surface area contributed by atoms with Gasteiger partial charge in [0.1, 0.15) is 0 Å². The minimum Gasteiger partial charge on any atom is -0.481 e. The zero-order valence-electron chi connectivity index (χ0n) is 39.6. The quantitative estimate of drug-likeness (QED) is 0.0596. The molecule has 0 radical (unpaired) electrons. The fourth-order valence-corrected chi connectivity index (χ4v) is 9.24. The average molecular weight is 807 g/mol. The molecule has 340 valence electrons. The van der Waals surface area contributed by atoms with E-state index in [0.717, 1.165) is 116 Å². The molecule has 0 aliphatic heterocycles. The molecule has 0 rings (SSSR count). The molecule has 0 aromatic heterocycles. The van der Waals surface area contributed by atoms with Crippen molar-refractivity contribution in [3.8, 4) is 0 Å². The van der Waals surface area contributed by atoms with E-state index in [-0.39, 0.29) is 0 Å². The van der Waals surface area contributed by atoms with Gasteiger partial charge in [0.05, 0.1) is 10.8 Å². The summed E-state index contributed by atoms with van der Waals surface area (Å²) in [5.41, 5.74) is -0.995. The third-order valence-corrected chi connectivity index (χ3v) is 13.4. The number of carboxylic acid groups (broad SMARTS) is 2. The molecule has 2 N–H and O–H groups in total. The maximum atomic E-state index is 12.6. The van der Waals surface area contributed by atoms with Crippen LogP contribution in [0.1, 0.15) is 265 Å². The second-order valence-electron chi connectivity index (χ2n) is 18.8. The number of carboxylic acids is 2. The van der Waals surface area contributed by atoms with Gasteiger partial charge in [-0.1, -0.05) is 207 Å². The molecule has 0 aliphatic carbocycles. The van der Waals surface area contributed by atoms with Gasteiger partial charge in [-0.25, -0.2) is 0 Å². The van der Waals surface area contributed by atoms with Crippen molar-refractivity contribution in [3.63, 3.8) is 0 Å². The maximum Gasteiger partial charge on any atom is 0.309 e. The van der Waals surface area contributed by atoms with E-state index in [4.69, 9.17) is 0 Å². The summed E-state index contributed by atoms with van der Waals surface area (Å²) in [6, 6.07) is 0. The fraction of sp³-hybridized carbons (Fsp3) is 0.961. The summed E-state index contributed by atoms with van der Waals surface area (Å²) in [5, 5.41) is 20.8. The number of unbranched alkanes of at least 4 members (excludes halogenated alkanes) is 24. The van der Waals surface area contributed by atoms with Crippen molar-refractivity contribution in [2.45, 2.75) is 265 Å². The number of rotatable bonds is 46. The predicted molar refractivity (Wildman–Crippen MR) is 249 cm³/mol. The Kier molecular flexibility index (Phi) is 38.2. The molecule has 0 aromatic carbocycles. The predicted octanol–water partition coefficient (Wildman–Crippen LogP) is 15.5. The Labute approximate surface area is 356 Å². The Morgan fingerprint density at radius 3 is 0.754 bits per heavy atom. The molecule has 0 heterocycles. The second kappa shape index (κ2) is 39.0. The SMILES string of the molecule is CCCCCCCCC(CCCCCC)(CCCCCCCN(C)CCCN(C)CCCCCCCC(CCCCCC)(CCCCCCCC)C(=O)O)C(=O)O. The van der Waals surface area contributed by atoms with Gasteiger partial charge in [0.25, 0.3) is 0 Å². The summed E-state index contributed by atoms with van der Waals surface area (Å²) in [5.74, 6) is -1.06. The molecule has 6 heteroatoms. The fourth-order valence-electron chi connectivity index (χ4n) is 9.24. The van der Waals surface area contributed by atoms with E-state index in [1.807, 2.05) is 0 Å². The third kappa shape index (κ3) is 30.5. The number of hydrogen-bond donors (Lipinski definition) is 2. The van der Waals surface area contributed by atoms with Crippen LogP contribution in [0.15, 0.2) is 0 Å². The van der Waals surface area contributed by atoms with Crippen molar-refractivity contribution in [1.29, 1.82) is 0 Å². The number of aliphatic carboxylic acids is 2. The van der Waals surface area contributed by atoms with Crippen LogP contribution in [0.25, 0.3) is 0 Å². The van der Waals surface area contributed by atoms with Crippen molar-refractivity contribution >= 4 is 11.9 Å². The molecule has 6 nitrogen and oxygen atoms in total. The maximum absolute atomic E-state index is 12.6. The minimum atomic E-state index is -0.530. The van der Waals surface area contributed by atoms with E-state index in [1.54, 1.807) is 0 Å². The number of carbonyl (C=O) groups is 2. The molecule has 0 saturated carbocycles. The van der Waals surface area contributed by atoms with Crippen molar-refractivity contribution < 1.29 is 19.8 Å². The summed E-state index contributed by atoms with van der Waals surface area (Å²) >= 11 is 0. The standard InChI is InChI=1S/C51H102N2O4/c1-7-11-15-19-23-31-40-50(48(54)55,38-29-17-13-9-3)42-33-25-21-27-35-44-52(5)46-37-47-53(6)45-36-28-22-26-34-43-51(49(56)57,39-30-18-14-10-4)41-32-24-20-16-12-8-2/h7-47H2,1-6H3,(H,54,55)(H,56,57). The summed E-state index contributed by atoms with van der Waals surface area (Å²) in [4.78, 5) is 30.2. The Hall–Kier alpha value is -1.14. The third-order valence-electron chi connectivity index (χ3n) is 13.4. The van der Waals surface area contributed by atoms with Gasteiger partial charge < -0.3 is 20.0 Å². The van der Waals surface area contributed by atoms with E-state index in [0.29, 0.717) is 0 Å². The van der Waals surface area contributed by atoms with Crippen LogP contribution in [-0.2, 0) is 9.59 Å². The van der Waals surface area contributed by atoms with E-state index in [1.165, 1.54) is 148 Å². The van der Waals surface area contributed by atoms with Crippen LogP contribution >= 0.6 is 0 Å². The molecular weight excluding hydrogens is 705 g/mol. The molecular formula is C51H102N2O4. The first-order chi connectivity index (χ1) is 27.6. The second-order valence-corrected chi connectivity index (χ2v) is 18.8. The molecule has 0 amide bonds. The van der Waals surface area contributed by atoms with Gasteiger partial charge in [-0.2, -0.15) is 0 Å². The molecule has 0 spiro atoms. The highest BCUT2D eigenvalue weighted by molar-refractivity contribution is 5.75. The van der Waals surface area contributed by atoms with E-state index in [2.05, 4.69) is 51.6 Å². The minimum absolute atomic E-state index is 0.497. The smallest absolute Gasteiger partial charge is 0.309 e. The van der Waals surface area contributed by atoms with Crippen LogP contribution in [0.2, 0.25) is 0 Å². The first-order valence-corrected chi connectivity index (χ1v) is 25.5. The molecule has 0 aromatic rings. The Morgan fingerprint density at radius 2 is 0.509 bits per heavy atom. The summed E-state index contributed by atoms with van der Waals surface area (Å²) in [6.45, 7) is 13.5. The van der Waals surface area contributed by atoms with Gasteiger partial charge in [-0.05, 0) is 98.1 Å². The first kappa shape index (κ1) is 55.9. The molecule has 57 heavy (non-hydrogen) atoms. The van der Waals surface area contributed by atoms with Crippen LogP contribution in [0.5, 0.6) is 0 Å². The molecule has 2 atom stereocenters. The van der Waals surface area contributed by atoms with E-state index in [9.17, 15) is 19.8 Å². The normalized spacial score (nSPS) is 14.0. The van der Waals surface area contributed by atoms with Gasteiger partial charge in [0, 0.05) is 0 Å². The highest BCUT2D eigenvalue weighted by atomic mass is 16.4. The van der Waals surface area contributed by atoms with Crippen LogP contribution in [0.3, 0.4) is 0 Å². The van der Waals surface area contributed by atoms with Crippen LogP contribution in [-0.4, -0.2) is 72.2 Å². The highest BCUT2D eigenvalue weighted by Crippen LogP contribution is 2.39. The van der Waals surface area contributed by atoms with Gasteiger partial charge in [0.2, 0.25) is 0 Å². The average Bonchev–Trinajstić information content (AvgIpc) is 3.19. The van der Waals surface area contributed by atoms with E-state index >= 15 is 0 Å². The topological polar surface area (TPSA) is 81.1 Å². The van der Waals surface area contributed by atoms with Crippen LogP contribution in [0, 0.1) is 10.8 Å². The Balaban J connectivity index is 4.30. The monoisotopic (exact) mass is 807 g/mol. The Morgan fingerprint density at radius 1 is 0.316 bits per heavy atom. The van der Waals surface area contributed by atoms with Gasteiger partial charge >= 0.3 is 11.9 Å². The van der Waals surface area contributed by atoms with Crippen molar-refractivity contribution in [3.05, 3.63) is 0 Å². The molecule has 0 fully saturated rings. The van der Waals surface area contributed by atoms with Gasteiger partial charge in [-0.15, -0.1) is 0 Å². The molecule has 0 bridgehead atoms. The highest BCUT2D eigenvalue weighted by Gasteiger charge is 2.37. The van der Waals surface area contributed by atoms with E-state index < -0.39 is 22.8 Å². The zero-order chi connectivity index (χ0) is 42.3. The Bertz CT molecular complexity index is 828. The summed E-state index contributed by atoms with van der Waals surface area (Å²) in [7, 11) is 4.53.